The third-order valence-corrected chi connectivity index (χ3v) is 4.77. The number of nitrogens with one attached hydrogen (secondary N) is 3. The van der Waals surface area contributed by atoms with Gasteiger partial charge in [0, 0.05) is 29.1 Å². The highest BCUT2D eigenvalue weighted by molar-refractivity contribution is 6.06. The molecule has 0 aromatic heterocycles. The molecule has 0 spiro atoms. The van der Waals surface area contributed by atoms with E-state index in [1.54, 1.807) is 43.3 Å². The van der Waals surface area contributed by atoms with Gasteiger partial charge in [0.1, 0.15) is 5.75 Å². The Hall–Kier alpha value is -3.61. The first-order valence-corrected chi connectivity index (χ1v) is 9.86. The average Bonchev–Trinajstić information content (AvgIpc) is 2.72. The van der Waals surface area contributed by atoms with Crippen LogP contribution in [0, 0.1) is 5.92 Å². The van der Waals surface area contributed by atoms with Gasteiger partial charge in [-0.3, -0.25) is 14.4 Å². The van der Waals surface area contributed by atoms with Crippen LogP contribution in [0.4, 0.5) is 11.4 Å². The van der Waals surface area contributed by atoms with E-state index < -0.39 is 5.92 Å². The summed E-state index contributed by atoms with van der Waals surface area (Å²) < 4.78 is 5.38. The Balaban J connectivity index is 1.61. The standard InChI is InChI=1S/C23H25N3O4/c1-3-30-19-11-9-18(10-12-19)25-21(27)14-16-13-20(15(2)24-22(16)28)23(29)26-17-7-5-4-6-8-17/h4-12,16H,3,13-14H2,1-2H3,(H,24,28)(H,25,27)(H,26,29). The second kappa shape index (κ2) is 9.73. The quantitative estimate of drug-likeness (QED) is 0.655. The molecule has 1 aliphatic rings. The van der Waals surface area contributed by atoms with E-state index in [0.29, 0.717) is 29.3 Å². The van der Waals surface area contributed by atoms with Crippen LogP contribution < -0.4 is 20.7 Å². The van der Waals surface area contributed by atoms with Crippen LogP contribution in [-0.4, -0.2) is 24.3 Å². The molecule has 0 saturated heterocycles. The molecule has 0 fully saturated rings. The first-order chi connectivity index (χ1) is 14.5. The second-order valence-electron chi connectivity index (χ2n) is 7.02. The molecule has 2 aromatic rings. The molecule has 1 aliphatic heterocycles. The van der Waals surface area contributed by atoms with Crippen LogP contribution in [-0.2, 0) is 14.4 Å². The summed E-state index contributed by atoms with van der Waals surface area (Å²) >= 11 is 0. The van der Waals surface area contributed by atoms with Crippen molar-refractivity contribution >= 4 is 29.1 Å². The van der Waals surface area contributed by atoms with Crippen LogP contribution in [0.1, 0.15) is 26.7 Å². The van der Waals surface area contributed by atoms with Crippen LogP contribution >= 0.6 is 0 Å². The van der Waals surface area contributed by atoms with Gasteiger partial charge in [-0.1, -0.05) is 18.2 Å². The Morgan fingerprint density at radius 3 is 2.37 bits per heavy atom. The molecule has 3 amide bonds. The number of carbonyl (C=O) groups excluding carboxylic acids is 3. The van der Waals surface area contributed by atoms with Crippen molar-refractivity contribution in [3.63, 3.8) is 0 Å². The lowest BCUT2D eigenvalue weighted by atomic mass is 9.90. The molecule has 1 unspecified atom stereocenters. The zero-order valence-electron chi connectivity index (χ0n) is 17.0. The van der Waals surface area contributed by atoms with Gasteiger partial charge < -0.3 is 20.7 Å². The molecule has 1 heterocycles. The molecule has 0 radical (unpaired) electrons. The highest BCUT2D eigenvalue weighted by Crippen LogP contribution is 2.25. The number of rotatable bonds is 7. The predicted molar refractivity (Wildman–Crippen MR) is 115 cm³/mol. The average molecular weight is 407 g/mol. The molecule has 3 rings (SSSR count). The van der Waals surface area contributed by atoms with Crippen molar-refractivity contribution in [1.82, 2.24) is 5.32 Å². The van der Waals surface area contributed by atoms with Crippen LogP contribution in [0.3, 0.4) is 0 Å². The number of para-hydroxylation sites is 1. The molecular formula is C23H25N3O4. The van der Waals surface area contributed by atoms with E-state index in [4.69, 9.17) is 4.74 Å². The van der Waals surface area contributed by atoms with Crippen molar-refractivity contribution in [2.75, 3.05) is 17.2 Å². The van der Waals surface area contributed by atoms with E-state index in [-0.39, 0.29) is 30.6 Å². The molecule has 0 aliphatic carbocycles. The minimum atomic E-state index is -0.618. The fourth-order valence-electron chi connectivity index (χ4n) is 3.25. The molecule has 7 nitrogen and oxygen atoms in total. The van der Waals surface area contributed by atoms with E-state index in [2.05, 4.69) is 16.0 Å². The summed E-state index contributed by atoms with van der Waals surface area (Å²) in [5.41, 5.74) is 2.27. The summed E-state index contributed by atoms with van der Waals surface area (Å²) in [7, 11) is 0. The third kappa shape index (κ3) is 5.47. The molecule has 0 saturated carbocycles. The molecular weight excluding hydrogens is 382 g/mol. The van der Waals surface area contributed by atoms with Gasteiger partial charge in [-0.05, 0) is 56.7 Å². The van der Waals surface area contributed by atoms with Crippen LogP contribution in [0.15, 0.2) is 65.9 Å². The number of carbonyl (C=O) groups is 3. The fourth-order valence-corrected chi connectivity index (χ4v) is 3.25. The van der Waals surface area contributed by atoms with E-state index in [9.17, 15) is 14.4 Å². The lowest BCUT2D eigenvalue weighted by molar-refractivity contribution is -0.128. The van der Waals surface area contributed by atoms with Crippen molar-refractivity contribution in [3.05, 3.63) is 65.9 Å². The topological polar surface area (TPSA) is 96.5 Å². The van der Waals surface area contributed by atoms with Gasteiger partial charge in [0.15, 0.2) is 0 Å². The number of allylic oxidation sites excluding steroid dienone is 1. The Kier molecular flexibility index (Phi) is 6.85. The number of anilines is 2. The van der Waals surface area contributed by atoms with E-state index in [1.165, 1.54) is 0 Å². The number of hydrogen-bond acceptors (Lipinski definition) is 4. The third-order valence-electron chi connectivity index (χ3n) is 4.77. The van der Waals surface area contributed by atoms with Crippen molar-refractivity contribution in [3.8, 4) is 5.75 Å². The first-order valence-electron chi connectivity index (χ1n) is 9.86. The lowest BCUT2D eigenvalue weighted by Gasteiger charge is -2.25. The van der Waals surface area contributed by atoms with Gasteiger partial charge in [0.2, 0.25) is 11.8 Å². The number of benzene rings is 2. The summed E-state index contributed by atoms with van der Waals surface area (Å²) in [6, 6.07) is 16.1. The highest BCUT2D eigenvalue weighted by Gasteiger charge is 2.31. The molecule has 0 bridgehead atoms. The Morgan fingerprint density at radius 1 is 1.03 bits per heavy atom. The largest absolute Gasteiger partial charge is 0.494 e. The van der Waals surface area contributed by atoms with Gasteiger partial charge in [0.25, 0.3) is 5.91 Å². The second-order valence-corrected chi connectivity index (χ2v) is 7.02. The minimum Gasteiger partial charge on any atom is -0.494 e. The molecule has 3 N–H and O–H groups in total. The van der Waals surface area contributed by atoms with E-state index in [0.717, 1.165) is 5.75 Å². The van der Waals surface area contributed by atoms with Gasteiger partial charge in [-0.15, -0.1) is 0 Å². The summed E-state index contributed by atoms with van der Waals surface area (Å²) in [4.78, 5) is 37.5. The van der Waals surface area contributed by atoms with Gasteiger partial charge in [-0.2, -0.15) is 0 Å². The molecule has 1 atom stereocenters. The molecule has 30 heavy (non-hydrogen) atoms. The van der Waals surface area contributed by atoms with Crippen molar-refractivity contribution < 1.29 is 19.1 Å². The van der Waals surface area contributed by atoms with Gasteiger partial charge in [0.05, 0.1) is 12.5 Å². The van der Waals surface area contributed by atoms with Gasteiger partial charge >= 0.3 is 0 Å². The summed E-state index contributed by atoms with van der Waals surface area (Å²) in [6.45, 7) is 4.15. The minimum absolute atomic E-state index is 0.0194. The summed E-state index contributed by atoms with van der Waals surface area (Å²) in [6.07, 6.45) is 0.182. The maximum atomic E-state index is 12.7. The monoisotopic (exact) mass is 407 g/mol. The van der Waals surface area contributed by atoms with Crippen LogP contribution in [0.5, 0.6) is 5.75 Å². The lowest BCUT2D eigenvalue weighted by Crippen LogP contribution is -2.39. The van der Waals surface area contributed by atoms with Crippen molar-refractivity contribution in [2.45, 2.75) is 26.7 Å². The normalized spacial score (nSPS) is 15.9. The SMILES string of the molecule is CCOc1ccc(NC(=O)CC2CC(C(=O)Nc3ccccc3)=C(C)NC2=O)cc1. The Labute approximate surface area is 175 Å². The maximum Gasteiger partial charge on any atom is 0.253 e. The number of amides is 3. The first kappa shape index (κ1) is 21.1. The van der Waals surface area contributed by atoms with E-state index >= 15 is 0 Å². The summed E-state index contributed by atoms with van der Waals surface area (Å²) in [5, 5.41) is 8.33. The predicted octanol–water partition coefficient (Wildman–Crippen LogP) is 3.46. The van der Waals surface area contributed by atoms with Crippen LogP contribution in [0.25, 0.3) is 0 Å². The number of hydrogen-bond donors (Lipinski definition) is 3. The summed E-state index contributed by atoms with van der Waals surface area (Å²) in [5.74, 6) is -0.729. The van der Waals surface area contributed by atoms with Gasteiger partial charge in [-0.25, -0.2) is 0 Å². The molecule has 7 heteroatoms. The number of ether oxygens (including phenoxy) is 1. The Bertz CT molecular complexity index is 952. The zero-order valence-corrected chi connectivity index (χ0v) is 17.0. The Morgan fingerprint density at radius 2 is 1.70 bits per heavy atom. The van der Waals surface area contributed by atoms with Crippen LogP contribution in [0.2, 0.25) is 0 Å². The van der Waals surface area contributed by atoms with Crippen molar-refractivity contribution in [1.29, 1.82) is 0 Å². The smallest absolute Gasteiger partial charge is 0.253 e. The maximum absolute atomic E-state index is 12.7. The van der Waals surface area contributed by atoms with Crippen molar-refractivity contribution in [2.24, 2.45) is 5.92 Å². The molecule has 2 aromatic carbocycles. The fraction of sp³-hybridized carbons (Fsp3) is 0.261. The highest BCUT2D eigenvalue weighted by atomic mass is 16.5. The zero-order chi connectivity index (χ0) is 21.5. The van der Waals surface area contributed by atoms with E-state index in [1.807, 2.05) is 25.1 Å². The molecule has 156 valence electrons.